The first-order valence-corrected chi connectivity index (χ1v) is 12.4. The van der Waals surface area contributed by atoms with Gasteiger partial charge in [-0.2, -0.15) is 0 Å². The quantitative estimate of drug-likeness (QED) is 0.523. The van der Waals surface area contributed by atoms with E-state index < -0.39 is 15.3 Å². The summed E-state index contributed by atoms with van der Waals surface area (Å²) in [6.45, 7) is 1.86. The van der Waals surface area contributed by atoms with Crippen LogP contribution in [-0.4, -0.2) is 26.7 Å². The van der Waals surface area contributed by atoms with Crippen molar-refractivity contribution in [3.8, 4) is 22.6 Å². The van der Waals surface area contributed by atoms with E-state index in [1.54, 1.807) is 19.1 Å². The molecule has 0 saturated heterocycles. The third-order valence-electron chi connectivity index (χ3n) is 6.43. The van der Waals surface area contributed by atoms with Gasteiger partial charge in [0.1, 0.15) is 5.78 Å². The Hall–Kier alpha value is -3.12. The summed E-state index contributed by atoms with van der Waals surface area (Å²) < 4.78 is 35.0. The van der Waals surface area contributed by atoms with Crippen molar-refractivity contribution in [1.29, 1.82) is 0 Å². The molecule has 0 radical (unpaired) electrons. The smallest absolute Gasteiger partial charge is 0.231 e. The van der Waals surface area contributed by atoms with Crippen LogP contribution in [0.15, 0.2) is 71.6 Å². The maximum absolute atomic E-state index is 13.3. The fourth-order valence-corrected chi connectivity index (χ4v) is 5.17. The average Bonchev–Trinajstić information content (AvgIpc) is 3.50. The van der Waals surface area contributed by atoms with Gasteiger partial charge in [0.05, 0.1) is 16.1 Å². The molecule has 0 bridgehead atoms. The van der Waals surface area contributed by atoms with Crippen LogP contribution >= 0.6 is 0 Å². The Labute approximate surface area is 187 Å². The molecule has 1 aliphatic carbocycles. The zero-order valence-corrected chi connectivity index (χ0v) is 18.7. The molecule has 164 valence electrons. The highest BCUT2D eigenvalue weighted by atomic mass is 32.2. The normalized spacial score (nSPS) is 16.0. The van der Waals surface area contributed by atoms with E-state index in [1.807, 2.05) is 54.6 Å². The molecule has 1 saturated carbocycles. The van der Waals surface area contributed by atoms with E-state index in [0.29, 0.717) is 17.1 Å². The Morgan fingerprint density at radius 2 is 1.66 bits per heavy atom. The Kier molecular flexibility index (Phi) is 5.05. The fraction of sp³-hybridized carbons (Fsp3) is 0.269. The van der Waals surface area contributed by atoms with Gasteiger partial charge in [-0.05, 0) is 59.4 Å². The number of hydrogen-bond donors (Lipinski definition) is 0. The molecule has 3 aromatic rings. The van der Waals surface area contributed by atoms with Gasteiger partial charge in [0.25, 0.3) is 0 Å². The van der Waals surface area contributed by atoms with E-state index in [9.17, 15) is 13.2 Å². The molecule has 0 aromatic heterocycles. The monoisotopic (exact) mass is 448 g/mol. The highest BCUT2D eigenvalue weighted by molar-refractivity contribution is 7.91. The Bertz CT molecular complexity index is 1290. The van der Waals surface area contributed by atoms with Crippen molar-refractivity contribution in [2.45, 2.75) is 36.5 Å². The van der Waals surface area contributed by atoms with E-state index in [4.69, 9.17) is 9.47 Å². The molecule has 0 N–H and O–H groups in total. The Balaban J connectivity index is 1.36. The van der Waals surface area contributed by atoms with Crippen molar-refractivity contribution in [1.82, 2.24) is 0 Å². The number of Topliss-reactive ketones (excluding diaryl/α,β-unsaturated/α-hetero) is 1. The molecule has 1 heterocycles. The molecule has 6 heteroatoms. The lowest BCUT2D eigenvalue weighted by Gasteiger charge is -2.15. The minimum absolute atomic E-state index is 0.0784. The number of sulfone groups is 1. The van der Waals surface area contributed by atoms with Crippen LogP contribution in [0.4, 0.5) is 0 Å². The molecular formula is C26H24O5S. The summed E-state index contributed by atoms with van der Waals surface area (Å²) in [5.74, 6) is 1.71. The molecule has 1 fully saturated rings. The second-order valence-corrected chi connectivity index (χ2v) is 10.7. The van der Waals surface area contributed by atoms with E-state index in [0.717, 1.165) is 40.8 Å². The van der Waals surface area contributed by atoms with Crippen LogP contribution in [0.1, 0.15) is 30.9 Å². The van der Waals surface area contributed by atoms with E-state index >= 15 is 0 Å². The van der Waals surface area contributed by atoms with Crippen LogP contribution in [0.3, 0.4) is 0 Å². The van der Waals surface area contributed by atoms with Gasteiger partial charge >= 0.3 is 0 Å². The van der Waals surface area contributed by atoms with Gasteiger partial charge in [-0.1, -0.05) is 49.4 Å². The van der Waals surface area contributed by atoms with Gasteiger partial charge in [-0.15, -0.1) is 0 Å². The van der Waals surface area contributed by atoms with E-state index in [1.165, 1.54) is 0 Å². The van der Waals surface area contributed by atoms with Crippen molar-refractivity contribution in [3.63, 3.8) is 0 Å². The second kappa shape index (κ2) is 7.78. The molecule has 5 nitrogen and oxygen atoms in total. The average molecular weight is 449 g/mol. The number of carbonyl (C=O) groups excluding carboxylic acids is 1. The van der Waals surface area contributed by atoms with Crippen LogP contribution in [0.5, 0.6) is 11.5 Å². The van der Waals surface area contributed by atoms with Crippen LogP contribution in [-0.2, 0) is 26.5 Å². The van der Waals surface area contributed by atoms with Crippen molar-refractivity contribution < 1.29 is 22.7 Å². The Morgan fingerprint density at radius 3 is 2.38 bits per heavy atom. The number of fused-ring (bicyclic) bond motifs is 1. The molecule has 0 unspecified atom stereocenters. The molecule has 32 heavy (non-hydrogen) atoms. The molecule has 0 spiro atoms. The van der Waals surface area contributed by atoms with Crippen LogP contribution in [0.2, 0.25) is 0 Å². The summed E-state index contributed by atoms with van der Waals surface area (Å²) in [6, 6.07) is 20.6. The number of ether oxygens (including phenoxy) is 2. The molecule has 5 rings (SSSR count). The highest BCUT2D eigenvalue weighted by Gasteiger charge is 2.50. The number of hydrogen-bond acceptors (Lipinski definition) is 5. The van der Waals surface area contributed by atoms with Crippen molar-refractivity contribution >= 4 is 15.6 Å². The summed E-state index contributed by atoms with van der Waals surface area (Å²) in [5.41, 5.74) is 3.39. The topological polar surface area (TPSA) is 69.7 Å². The molecule has 3 aromatic carbocycles. The number of carbonyl (C=O) groups is 1. The van der Waals surface area contributed by atoms with Gasteiger partial charge in [-0.25, -0.2) is 8.42 Å². The lowest BCUT2D eigenvalue weighted by atomic mass is 9.87. The van der Waals surface area contributed by atoms with Gasteiger partial charge in [0.2, 0.25) is 6.79 Å². The first-order valence-electron chi connectivity index (χ1n) is 10.8. The summed E-state index contributed by atoms with van der Waals surface area (Å²) in [5, 5.41) is 0. The molecule has 2 aliphatic rings. The standard InChI is InChI=1S/C26H24O5S/c1-2-32(28,29)22-9-6-19(7-10-22)20-5-3-4-18(14-20)15-25(27)26(12-13-26)21-8-11-23-24(16-21)31-17-30-23/h3-11,14,16H,2,12-13,15,17H2,1H3. The zero-order valence-electron chi connectivity index (χ0n) is 17.8. The lowest BCUT2D eigenvalue weighted by Crippen LogP contribution is -2.22. The summed E-state index contributed by atoms with van der Waals surface area (Å²) in [4.78, 5) is 13.6. The van der Waals surface area contributed by atoms with Crippen molar-refractivity contribution in [2.75, 3.05) is 12.5 Å². The predicted octanol–water partition coefficient (Wildman–Crippen LogP) is 4.72. The minimum atomic E-state index is -3.22. The van der Waals surface area contributed by atoms with Gasteiger partial charge in [0.15, 0.2) is 21.3 Å². The molecule has 1 aliphatic heterocycles. The van der Waals surface area contributed by atoms with E-state index in [2.05, 4.69) is 0 Å². The Morgan fingerprint density at radius 1 is 0.906 bits per heavy atom. The third kappa shape index (κ3) is 3.69. The SMILES string of the molecule is CCS(=O)(=O)c1ccc(-c2cccc(CC(=O)C3(c4ccc5c(c4)OCO5)CC3)c2)cc1. The van der Waals surface area contributed by atoms with Crippen LogP contribution in [0.25, 0.3) is 11.1 Å². The largest absolute Gasteiger partial charge is 0.454 e. The third-order valence-corrected chi connectivity index (χ3v) is 8.18. The van der Waals surface area contributed by atoms with Crippen LogP contribution in [0, 0.1) is 0 Å². The first-order chi connectivity index (χ1) is 15.4. The van der Waals surface area contributed by atoms with Crippen molar-refractivity contribution in [2.24, 2.45) is 0 Å². The maximum Gasteiger partial charge on any atom is 0.231 e. The number of ketones is 1. The molecule has 0 atom stereocenters. The second-order valence-electron chi connectivity index (χ2n) is 8.38. The molecule has 0 amide bonds. The molecular weight excluding hydrogens is 424 g/mol. The number of rotatable bonds is 7. The predicted molar refractivity (Wildman–Crippen MR) is 122 cm³/mol. The summed E-state index contributed by atoms with van der Waals surface area (Å²) in [6.07, 6.45) is 2.04. The van der Waals surface area contributed by atoms with E-state index in [-0.39, 0.29) is 18.3 Å². The van der Waals surface area contributed by atoms with Gasteiger partial charge in [-0.3, -0.25) is 4.79 Å². The first kappa shape index (κ1) is 20.8. The summed E-state index contributed by atoms with van der Waals surface area (Å²) >= 11 is 0. The zero-order chi connectivity index (χ0) is 22.3. The maximum atomic E-state index is 13.3. The summed E-state index contributed by atoms with van der Waals surface area (Å²) in [7, 11) is -3.22. The van der Waals surface area contributed by atoms with Crippen molar-refractivity contribution in [3.05, 3.63) is 77.9 Å². The number of benzene rings is 3. The van der Waals surface area contributed by atoms with Gasteiger partial charge in [0, 0.05) is 6.42 Å². The minimum Gasteiger partial charge on any atom is -0.454 e. The highest BCUT2D eigenvalue weighted by Crippen LogP contribution is 2.51. The van der Waals surface area contributed by atoms with Gasteiger partial charge < -0.3 is 9.47 Å². The lowest BCUT2D eigenvalue weighted by molar-refractivity contribution is -0.120. The van der Waals surface area contributed by atoms with Crippen LogP contribution < -0.4 is 9.47 Å². The fourth-order valence-electron chi connectivity index (χ4n) is 4.28.